The summed E-state index contributed by atoms with van der Waals surface area (Å²) < 4.78 is 1.73. The van der Waals surface area contributed by atoms with Crippen LogP contribution in [0.25, 0.3) is 0 Å². The van der Waals surface area contributed by atoms with Crippen LogP contribution in [0.3, 0.4) is 0 Å². The van der Waals surface area contributed by atoms with Gasteiger partial charge in [-0.15, -0.1) is 11.8 Å². The summed E-state index contributed by atoms with van der Waals surface area (Å²) in [5, 5.41) is 24.6. The highest BCUT2D eigenvalue weighted by Crippen LogP contribution is 2.13. The van der Waals surface area contributed by atoms with E-state index in [9.17, 15) is 4.79 Å². The number of rotatable bonds is 7. The molecular formula is C11H19N3O3S. The molecule has 1 aromatic rings. The summed E-state index contributed by atoms with van der Waals surface area (Å²) >= 11 is 1.28. The predicted molar refractivity (Wildman–Crippen MR) is 71.7 cm³/mol. The maximum absolute atomic E-state index is 11.6. The zero-order valence-electron chi connectivity index (χ0n) is 10.5. The van der Waals surface area contributed by atoms with Gasteiger partial charge >= 0.3 is 0 Å². The van der Waals surface area contributed by atoms with E-state index in [0.29, 0.717) is 11.6 Å². The summed E-state index contributed by atoms with van der Waals surface area (Å²) in [5.41, 5.74) is 0. The second kappa shape index (κ2) is 7.40. The zero-order chi connectivity index (χ0) is 13.5. The van der Waals surface area contributed by atoms with Crippen LogP contribution in [0.15, 0.2) is 12.3 Å². The first-order valence-corrected chi connectivity index (χ1v) is 6.90. The van der Waals surface area contributed by atoms with E-state index in [2.05, 4.69) is 10.4 Å². The molecule has 3 N–H and O–H groups in total. The third-order valence-electron chi connectivity index (χ3n) is 2.18. The van der Waals surface area contributed by atoms with Crippen molar-refractivity contribution in [1.82, 2.24) is 9.78 Å². The molecule has 1 rings (SSSR count). The van der Waals surface area contributed by atoms with Crippen molar-refractivity contribution < 1.29 is 15.0 Å². The van der Waals surface area contributed by atoms with Crippen molar-refractivity contribution in [3.63, 3.8) is 0 Å². The average Bonchev–Trinajstić information content (AvgIpc) is 2.76. The highest BCUT2D eigenvalue weighted by molar-refractivity contribution is 8.00. The molecule has 0 saturated heterocycles. The fourth-order valence-electron chi connectivity index (χ4n) is 1.34. The van der Waals surface area contributed by atoms with E-state index in [1.54, 1.807) is 16.9 Å². The number of amides is 1. The number of nitrogens with one attached hydrogen (secondary N) is 1. The lowest BCUT2D eigenvalue weighted by Gasteiger charge is -2.12. The van der Waals surface area contributed by atoms with Crippen LogP contribution in [0.4, 0.5) is 5.82 Å². The summed E-state index contributed by atoms with van der Waals surface area (Å²) in [6.45, 7) is 3.68. The van der Waals surface area contributed by atoms with Gasteiger partial charge in [-0.05, 0) is 13.8 Å². The van der Waals surface area contributed by atoms with E-state index in [-0.39, 0.29) is 24.3 Å². The Balaban J connectivity index is 2.38. The molecule has 1 heterocycles. The lowest BCUT2D eigenvalue weighted by molar-refractivity contribution is -0.113. The molecule has 1 unspecified atom stereocenters. The number of hydrogen-bond donors (Lipinski definition) is 3. The van der Waals surface area contributed by atoms with Gasteiger partial charge in [0.05, 0.1) is 24.7 Å². The van der Waals surface area contributed by atoms with E-state index >= 15 is 0 Å². The molecule has 1 aromatic heterocycles. The maximum Gasteiger partial charge on any atom is 0.235 e. The molecule has 0 aromatic carbocycles. The molecule has 0 saturated carbocycles. The van der Waals surface area contributed by atoms with Crippen LogP contribution in [-0.2, 0) is 4.79 Å². The van der Waals surface area contributed by atoms with Crippen LogP contribution in [-0.4, -0.2) is 50.1 Å². The molecule has 7 heteroatoms. The summed E-state index contributed by atoms with van der Waals surface area (Å²) in [6.07, 6.45) is 0.863. The molecular weight excluding hydrogens is 254 g/mol. The van der Waals surface area contributed by atoms with Crippen molar-refractivity contribution in [3.8, 4) is 0 Å². The van der Waals surface area contributed by atoms with E-state index in [4.69, 9.17) is 10.2 Å². The quantitative estimate of drug-likeness (QED) is 0.673. The first-order valence-electron chi connectivity index (χ1n) is 5.74. The van der Waals surface area contributed by atoms with Crippen LogP contribution >= 0.6 is 11.8 Å². The average molecular weight is 273 g/mol. The fourth-order valence-corrected chi connectivity index (χ4v) is 2.10. The molecule has 0 bridgehead atoms. The topological polar surface area (TPSA) is 87.4 Å². The number of aliphatic hydroxyl groups is 2. The normalized spacial score (nSPS) is 12.7. The number of carbonyl (C=O) groups is 1. The van der Waals surface area contributed by atoms with Gasteiger partial charge in [-0.25, -0.2) is 4.68 Å². The highest BCUT2D eigenvalue weighted by atomic mass is 32.2. The number of hydrogen-bond acceptors (Lipinski definition) is 5. The van der Waals surface area contributed by atoms with Crippen molar-refractivity contribution in [2.75, 3.05) is 23.4 Å². The smallest absolute Gasteiger partial charge is 0.235 e. The Hall–Kier alpha value is -1.05. The molecule has 102 valence electrons. The molecule has 0 aliphatic rings. The van der Waals surface area contributed by atoms with E-state index in [1.165, 1.54) is 11.8 Å². The maximum atomic E-state index is 11.6. The standard InChI is InChI=1S/C11H19N3O3S/c1-8(2)14-10(3-4-12-14)13-11(17)7-18-6-9(16)5-15/h3-4,8-9,15-16H,5-7H2,1-2H3,(H,13,17). The van der Waals surface area contributed by atoms with Crippen LogP contribution in [0.2, 0.25) is 0 Å². The van der Waals surface area contributed by atoms with Gasteiger partial charge in [0.15, 0.2) is 0 Å². The fraction of sp³-hybridized carbons (Fsp3) is 0.636. The first kappa shape index (κ1) is 15.0. The molecule has 0 radical (unpaired) electrons. The van der Waals surface area contributed by atoms with Gasteiger partial charge in [0.1, 0.15) is 5.82 Å². The molecule has 1 atom stereocenters. The van der Waals surface area contributed by atoms with Crippen molar-refractivity contribution in [2.24, 2.45) is 0 Å². The van der Waals surface area contributed by atoms with Crippen LogP contribution in [0, 0.1) is 0 Å². The first-order chi connectivity index (χ1) is 8.54. The Morgan fingerprint density at radius 1 is 1.61 bits per heavy atom. The Bertz CT molecular complexity index is 381. The zero-order valence-corrected chi connectivity index (χ0v) is 11.4. The Kier molecular flexibility index (Phi) is 6.17. The second-order valence-corrected chi connectivity index (χ2v) is 5.18. The number of anilines is 1. The van der Waals surface area contributed by atoms with Gasteiger partial charge in [-0.2, -0.15) is 5.10 Å². The molecule has 0 fully saturated rings. The van der Waals surface area contributed by atoms with Gasteiger partial charge in [0.25, 0.3) is 0 Å². The minimum absolute atomic E-state index is 0.146. The van der Waals surface area contributed by atoms with Crippen molar-refractivity contribution in [1.29, 1.82) is 0 Å². The number of aromatic nitrogens is 2. The Morgan fingerprint density at radius 3 is 2.94 bits per heavy atom. The van der Waals surface area contributed by atoms with Crippen molar-refractivity contribution in [3.05, 3.63) is 12.3 Å². The number of aliphatic hydroxyl groups excluding tert-OH is 2. The molecule has 1 amide bonds. The van der Waals surface area contributed by atoms with Crippen molar-refractivity contribution >= 4 is 23.5 Å². The Morgan fingerprint density at radius 2 is 2.33 bits per heavy atom. The van der Waals surface area contributed by atoms with Crippen LogP contribution in [0.5, 0.6) is 0 Å². The molecule has 18 heavy (non-hydrogen) atoms. The van der Waals surface area contributed by atoms with Gasteiger partial charge in [-0.1, -0.05) is 0 Å². The lowest BCUT2D eigenvalue weighted by Crippen LogP contribution is -2.20. The SMILES string of the molecule is CC(C)n1nccc1NC(=O)CSCC(O)CO. The van der Waals surface area contributed by atoms with Gasteiger partial charge in [-0.3, -0.25) is 4.79 Å². The molecule has 0 aliphatic carbocycles. The summed E-state index contributed by atoms with van der Waals surface area (Å²) in [4.78, 5) is 11.6. The molecule has 6 nitrogen and oxygen atoms in total. The summed E-state index contributed by atoms with van der Waals surface area (Å²) in [5.74, 6) is 1.10. The third kappa shape index (κ3) is 4.67. The van der Waals surface area contributed by atoms with E-state index < -0.39 is 6.10 Å². The number of nitrogens with zero attached hydrogens (tertiary/aromatic N) is 2. The Labute approximate surface area is 110 Å². The predicted octanol–water partition coefficient (Wildman–Crippen LogP) is 0.489. The number of carbonyl (C=O) groups excluding carboxylic acids is 1. The van der Waals surface area contributed by atoms with E-state index in [0.717, 1.165) is 0 Å². The van der Waals surface area contributed by atoms with Gasteiger partial charge in [0.2, 0.25) is 5.91 Å². The summed E-state index contributed by atoms with van der Waals surface area (Å²) in [6, 6.07) is 1.92. The lowest BCUT2D eigenvalue weighted by atomic mass is 10.4. The minimum atomic E-state index is -0.774. The largest absolute Gasteiger partial charge is 0.394 e. The minimum Gasteiger partial charge on any atom is -0.394 e. The van der Waals surface area contributed by atoms with Gasteiger partial charge in [0, 0.05) is 17.9 Å². The van der Waals surface area contributed by atoms with Gasteiger partial charge < -0.3 is 15.5 Å². The second-order valence-electron chi connectivity index (χ2n) is 4.15. The number of thioether (sulfide) groups is 1. The van der Waals surface area contributed by atoms with Crippen LogP contribution < -0.4 is 5.32 Å². The molecule has 0 aliphatic heterocycles. The van der Waals surface area contributed by atoms with Crippen LogP contribution in [0.1, 0.15) is 19.9 Å². The van der Waals surface area contributed by atoms with Crippen molar-refractivity contribution in [2.45, 2.75) is 26.0 Å². The third-order valence-corrected chi connectivity index (χ3v) is 3.27. The molecule has 0 spiro atoms. The summed E-state index contributed by atoms with van der Waals surface area (Å²) in [7, 11) is 0. The monoisotopic (exact) mass is 273 g/mol. The van der Waals surface area contributed by atoms with E-state index in [1.807, 2.05) is 13.8 Å². The highest BCUT2D eigenvalue weighted by Gasteiger charge is 2.10.